The molecule has 1 aromatic rings. The van der Waals surface area contributed by atoms with Crippen molar-refractivity contribution in [2.75, 3.05) is 7.11 Å². The van der Waals surface area contributed by atoms with E-state index >= 15 is 0 Å². The minimum atomic E-state index is -0.656. The highest BCUT2D eigenvalue weighted by atomic mass is 31.1. The Morgan fingerprint density at radius 2 is 1.81 bits per heavy atom. The molecule has 0 aromatic heterocycles. The summed E-state index contributed by atoms with van der Waals surface area (Å²) >= 11 is 0. The summed E-state index contributed by atoms with van der Waals surface area (Å²) in [5.74, 6) is 0.269. The molecule has 0 bridgehead atoms. The smallest absolute Gasteiger partial charge is 0.323 e. The zero-order chi connectivity index (χ0) is 16.0. The molecule has 118 valence electrons. The normalized spacial score (nSPS) is 14.8. The molecular formula is C17H28NO2P. The number of esters is 1. The van der Waals surface area contributed by atoms with E-state index in [9.17, 15) is 4.79 Å². The van der Waals surface area contributed by atoms with Crippen LogP contribution in [0.1, 0.15) is 41.0 Å². The third-order valence-corrected chi connectivity index (χ3v) is 5.89. The molecule has 0 heterocycles. The molecule has 0 unspecified atom stereocenters. The first-order valence-corrected chi connectivity index (χ1v) is 8.79. The van der Waals surface area contributed by atoms with Gasteiger partial charge in [0, 0.05) is 0 Å². The summed E-state index contributed by atoms with van der Waals surface area (Å²) in [4.78, 5) is 12.1. The highest BCUT2D eigenvalue weighted by Crippen LogP contribution is 2.45. The topological polar surface area (TPSA) is 38.3 Å². The number of ether oxygens (including phenoxy) is 1. The Morgan fingerprint density at radius 1 is 1.24 bits per heavy atom. The summed E-state index contributed by atoms with van der Waals surface area (Å²) < 4.78 is 4.97. The molecule has 0 amide bonds. The van der Waals surface area contributed by atoms with Crippen LogP contribution in [0.25, 0.3) is 0 Å². The number of benzene rings is 1. The van der Waals surface area contributed by atoms with Crippen molar-refractivity contribution in [2.24, 2.45) is 5.92 Å². The Hall–Kier alpha value is -0.920. The predicted molar refractivity (Wildman–Crippen MR) is 91.1 cm³/mol. The summed E-state index contributed by atoms with van der Waals surface area (Å²) in [6, 6.07) is 10.1. The van der Waals surface area contributed by atoms with Crippen LogP contribution < -0.4 is 10.4 Å². The molecule has 0 saturated carbocycles. The number of hydrogen-bond acceptors (Lipinski definition) is 3. The number of rotatable bonds is 6. The van der Waals surface area contributed by atoms with Gasteiger partial charge in [-0.25, -0.2) is 0 Å². The largest absolute Gasteiger partial charge is 0.468 e. The van der Waals surface area contributed by atoms with Gasteiger partial charge in [0.15, 0.2) is 0 Å². The Morgan fingerprint density at radius 3 is 2.24 bits per heavy atom. The average Bonchev–Trinajstić information content (AvgIpc) is 2.41. The van der Waals surface area contributed by atoms with Crippen molar-refractivity contribution < 1.29 is 9.53 Å². The number of methoxy groups -OCH3 is 1. The van der Waals surface area contributed by atoms with Crippen molar-refractivity contribution in [3.63, 3.8) is 0 Å². The lowest BCUT2D eigenvalue weighted by molar-refractivity contribution is -0.143. The van der Waals surface area contributed by atoms with E-state index < -0.39 is 8.07 Å². The highest BCUT2D eigenvalue weighted by molar-refractivity contribution is 7.65. The van der Waals surface area contributed by atoms with Crippen molar-refractivity contribution in [1.29, 1.82) is 0 Å². The summed E-state index contributed by atoms with van der Waals surface area (Å²) in [6.07, 6.45) is 0.786. The molecule has 1 aromatic carbocycles. The number of hydrogen-bond donors (Lipinski definition) is 1. The Bertz CT molecular complexity index is 440. The van der Waals surface area contributed by atoms with E-state index in [0.29, 0.717) is 5.92 Å². The minimum absolute atomic E-state index is 0.0694. The molecule has 1 rings (SSSR count). The number of nitrogens with one attached hydrogen (secondary N) is 1. The zero-order valence-electron chi connectivity index (χ0n) is 14.0. The fourth-order valence-corrected chi connectivity index (χ4v) is 4.51. The average molecular weight is 309 g/mol. The first-order chi connectivity index (χ1) is 9.75. The Kier molecular flexibility index (Phi) is 6.83. The van der Waals surface area contributed by atoms with Gasteiger partial charge in [-0.15, -0.1) is 0 Å². The zero-order valence-corrected chi connectivity index (χ0v) is 14.9. The lowest BCUT2D eigenvalue weighted by atomic mass is 10.1. The van der Waals surface area contributed by atoms with Crippen LogP contribution in [-0.2, 0) is 9.53 Å². The van der Waals surface area contributed by atoms with Gasteiger partial charge in [0.2, 0.25) is 0 Å². The fourth-order valence-electron chi connectivity index (χ4n) is 2.20. The van der Waals surface area contributed by atoms with Crippen LogP contribution in [0.2, 0.25) is 0 Å². The van der Waals surface area contributed by atoms with Crippen LogP contribution in [-0.4, -0.2) is 24.3 Å². The van der Waals surface area contributed by atoms with E-state index in [-0.39, 0.29) is 17.2 Å². The van der Waals surface area contributed by atoms with E-state index in [2.05, 4.69) is 51.8 Å². The molecule has 1 N–H and O–H groups in total. The van der Waals surface area contributed by atoms with Crippen LogP contribution in [0.5, 0.6) is 0 Å². The van der Waals surface area contributed by atoms with E-state index in [1.54, 1.807) is 0 Å². The van der Waals surface area contributed by atoms with Gasteiger partial charge in [-0.05, 0) is 30.9 Å². The first-order valence-electron chi connectivity index (χ1n) is 7.45. The molecule has 2 atom stereocenters. The summed E-state index contributed by atoms with van der Waals surface area (Å²) in [5, 5.41) is 4.91. The third kappa shape index (κ3) is 5.76. The molecule has 0 radical (unpaired) electrons. The predicted octanol–water partition coefficient (Wildman–Crippen LogP) is 3.68. The van der Waals surface area contributed by atoms with Crippen LogP contribution in [0.15, 0.2) is 30.3 Å². The van der Waals surface area contributed by atoms with Gasteiger partial charge in [-0.3, -0.25) is 9.88 Å². The van der Waals surface area contributed by atoms with Crippen LogP contribution in [0.4, 0.5) is 0 Å². The molecule has 0 aliphatic carbocycles. The van der Waals surface area contributed by atoms with Crippen LogP contribution >= 0.6 is 8.07 Å². The van der Waals surface area contributed by atoms with Gasteiger partial charge in [-0.2, -0.15) is 0 Å². The molecule has 0 aliphatic rings. The second-order valence-electron chi connectivity index (χ2n) is 6.68. The maximum Gasteiger partial charge on any atom is 0.323 e. The molecule has 0 aliphatic heterocycles. The summed E-state index contributed by atoms with van der Waals surface area (Å²) in [7, 11) is 0.802. The second-order valence-corrected chi connectivity index (χ2v) is 9.46. The second kappa shape index (κ2) is 7.91. The molecule has 3 nitrogen and oxygen atoms in total. The highest BCUT2D eigenvalue weighted by Gasteiger charge is 2.31. The molecule has 21 heavy (non-hydrogen) atoms. The summed E-state index contributed by atoms with van der Waals surface area (Å²) in [5.41, 5.74) is 0. The number of carbonyl (C=O) groups excluding carboxylic acids is 1. The van der Waals surface area contributed by atoms with Gasteiger partial charge in [0.25, 0.3) is 0 Å². The molecular weight excluding hydrogens is 281 g/mol. The quantitative estimate of drug-likeness (QED) is 0.643. The lowest BCUT2D eigenvalue weighted by Gasteiger charge is -2.35. The van der Waals surface area contributed by atoms with Crippen molar-refractivity contribution in [3.05, 3.63) is 30.3 Å². The first kappa shape index (κ1) is 18.1. The van der Waals surface area contributed by atoms with E-state index in [0.717, 1.165) is 6.42 Å². The fraction of sp³-hybridized carbons (Fsp3) is 0.588. The molecule has 0 saturated heterocycles. The van der Waals surface area contributed by atoms with E-state index in [1.165, 1.54) is 12.4 Å². The maximum atomic E-state index is 12.1. The van der Waals surface area contributed by atoms with Gasteiger partial charge in [0.05, 0.1) is 7.11 Å². The van der Waals surface area contributed by atoms with Crippen molar-refractivity contribution >= 4 is 19.3 Å². The Labute approximate surface area is 130 Å². The monoisotopic (exact) mass is 309 g/mol. The minimum Gasteiger partial charge on any atom is -0.468 e. The van der Waals surface area contributed by atoms with Gasteiger partial charge in [-0.1, -0.05) is 65.0 Å². The molecule has 0 fully saturated rings. The molecule has 4 heteroatoms. The van der Waals surface area contributed by atoms with Gasteiger partial charge in [0.1, 0.15) is 6.04 Å². The van der Waals surface area contributed by atoms with E-state index in [1.807, 2.05) is 18.2 Å². The number of carbonyl (C=O) groups is 1. The SMILES string of the molecule is COC(=O)[C@@H](CC(C)C)N[P@@](c1ccccc1)C(C)(C)C. The third-order valence-electron chi connectivity index (χ3n) is 3.16. The van der Waals surface area contributed by atoms with Crippen LogP contribution in [0.3, 0.4) is 0 Å². The standard InChI is InChI=1S/C17H28NO2P/c1-13(2)12-15(16(19)20-6)18-21(17(3,4)5)14-10-8-7-9-11-14/h7-11,13,15,18H,12H2,1-6H3/t15-,21+/m1/s1. The van der Waals surface area contributed by atoms with Gasteiger partial charge < -0.3 is 4.74 Å². The van der Waals surface area contributed by atoms with Crippen molar-refractivity contribution in [2.45, 2.75) is 52.2 Å². The van der Waals surface area contributed by atoms with Gasteiger partial charge >= 0.3 is 5.97 Å². The van der Waals surface area contributed by atoms with Crippen LogP contribution in [0, 0.1) is 5.92 Å². The Balaban J connectivity index is 3.01. The lowest BCUT2D eigenvalue weighted by Crippen LogP contribution is -2.41. The van der Waals surface area contributed by atoms with Crippen molar-refractivity contribution in [1.82, 2.24) is 5.09 Å². The molecule has 0 spiro atoms. The van der Waals surface area contributed by atoms with Crippen molar-refractivity contribution in [3.8, 4) is 0 Å². The van der Waals surface area contributed by atoms with E-state index in [4.69, 9.17) is 4.74 Å². The summed E-state index contributed by atoms with van der Waals surface area (Å²) in [6.45, 7) is 10.9. The maximum absolute atomic E-state index is 12.1.